The minimum atomic E-state index is -0.596. The Morgan fingerprint density at radius 3 is 2.66 bits per heavy atom. The number of rotatable bonds is 2. The second kappa shape index (κ2) is 7.18. The van der Waals surface area contributed by atoms with Crippen LogP contribution in [0.5, 0.6) is 11.5 Å². The summed E-state index contributed by atoms with van der Waals surface area (Å²) in [4.78, 5) is 28.5. The molecule has 0 unspecified atom stereocenters. The van der Waals surface area contributed by atoms with Crippen molar-refractivity contribution in [3.8, 4) is 28.3 Å². The molecule has 7 rings (SSSR count). The van der Waals surface area contributed by atoms with Crippen molar-refractivity contribution in [3.63, 3.8) is 0 Å². The van der Waals surface area contributed by atoms with E-state index >= 15 is 4.39 Å². The van der Waals surface area contributed by atoms with Crippen LogP contribution in [-0.4, -0.2) is 35.5 Å². The summed E-state index contributed by atoms with van der Waals surface area (Å²) in [6.07, 6.45) is 4.23. The lowest BCUT2D eigenvalue weighted by atomic mass is 10.0. The third-order valence-corrected chi connectivity index (χ3v) is 7.41. The lowest BCUT2D eigenvalue weighted by Gasteiger charge is -2.27. The second-order valence-corrected chi connectivity index (χ2v) is 9.36. The van der Waals surface area contributed by atoms with E-state index in [1.54, 1.807) is 18.1 Å². The van der Waals surface area contributed by atoms with Crippen LogP contribution in [0.15, 0.2) is 53.5 Å². The molecule has 35 heavy (non-hydrogen) atoms. The number of benzene rings is 3. The molecule has 3 aliphatic rings. The van der Waals surface area contributed by atoms with Gasteiger partial charge in [0, 0.05) is 26.3 Å². The molecule has 0 atom stereocenters. The minimum absolute atomic E-state index is 0.0516. The van der Waals surface area contributed by atoms with Crippen molar-refractivity contribution < 1.29 is 13.9 Å². The van der Waals surface area contributed by atoms with Gasteiger partial charge in [-0.15, -0.1) is 0 Å². The number of hydrogen-bond donors (Lipinski definition) is 1. The summed E-state index contributed by atoms with van der Waals surface area (Å²) in [6.45, 7) is 1.25. The van der Waals surface area contributed by atoms with Gasteiger partial charge in [-0.1, -0.05) is 24.3 Å². The first-order chi connectivity index (χ1) is 17.0. The van der Waals surface area contributed by atoms with E-state index in [4.69, 9.17) is 4.74 Å². The average Bonchev–Trinajstić information content (AvgIpc) is 3.52. The molecule has 1 fully saturated rings. The number of ether oxygens (including phenoxy) is 1. The van der Waals surface area contributed by atoms with Gasteiger partial charge in [-0.2, -0.15) is 0 Å². The highest BCUT2D eigenvalue weighted by molar-refractivity contribution is 6.01. The van der Waals surface area contributed by atoms with E-state index in [1.807, 2.05) is 22.8 Å². The number of fused-ring (bicyclic) bond motifs is 5. The number of hydrogen-bond acceptors (Lipinski definition) is 4. The highest BCUT2D eigenvalue weighted by Gasteiger charge is 2.31. The smallest absolute Gasteiger partial charge is 0.259 e. The molecule has 0 saturated carbocycles. The molecule has 174 valence electrons. The Hall–Kier alpha value is -4.13. The molecule has 2 aliphatic heterocycles. The molecule has 0 radical (unpaired) electrons. The molecule has 6 nitrogen and oxygen atoms in total. The third kappa shape index (κ3) is 2.75. The van der Waals surface area contributed by atoms with E-state index in [-0.39, 0.29) is 28.3 Å². The van der Waals surface area contributed by atoms with Gasteiger partial charge in [-0.3, -0.25) is 9.59 Å². The molecule has 7 heteroatoms. The number of amides is 1. The minimum Gasteiger partial charge on any atom is -0.451 e. The van der Waals surface area contributed by atoms with Gasteiger partial charge in [0.2, 0.25) is 5.43 Å². The zero-order valence-electron chi connectivity index (χ0n) is 19.2. The largest absolute Gasteiger partial charge is 0.451 e. The van der Waals surface area contributed by atoms with Crippen LogP contribution in [0.1, 0.15) is 34.3 Å². The Morgan fingerprint density at radius 2 is 1.86 bits per heavy atom. The van der Waals surface area contributed by atoms with Crippen molar-refractivity contribution in [3.05, 3.63) is 81.4 Å². The number of likely N-dealkylation sites (tertiary alicyclic amines) is 1. The van der Waals surface area contributed by atoms with Crippen LogP contribution in [0.4, 0.5) is 10.1 Å². The number of anilines is 1. The van der Waals surface area contributed by atoms with Crippen molar-refractivity contribution in [2.24, 2.45) is 0 Å². The predicted octanol–water partition coefficient (Wildman–Crippen LogP) is 5.08. The van der Waals surface area contributed by atoms with E-state index in [9.17, 15) is 9.59 Å². The summed E-state index contributed by atoms with van der Waals surface area (Å²) in [5, 5.41) is 3.01. The number of nitrogens with zero attached hydrogens (tertiary/aromatic N) is 2. The standard InChI is InChI=1S/C28H22FN3O3/c1-30-24-21(29)12-19-25-27(24)35-23-11-16-10-15-6-2-3-7-17(15)18(16)13-22(23)32(25)14-20(26(19)33)28(34)31-8-4-5-9-31/h2-3,6-7,11-14,30H,4-5,8-10H2,1H3. The normalized spacial score (nSPS) is 15.0. The van der Waals surface area contributed by atoms with Gasteiger partial charge in [-0.05, 0) is 59.7 Å². The lowest BCUT2D eigenvalue weighted by molar-refractivity contribution is 0.0791. The summed E-state index contributed by atoms with van der Waals surface area (Å²) in [5.74, 6) is -0.0859. The van der Waals surface area contributed by atoms with E-state index in [1.165, 1.54) is 11.6 Å². The van der Waals surface area contributed by atoms with Crippen molar-refractivity contribution in [2.75, 3.05) is 25.5 Å². The van der Waals surface area contributed by atoms with Crippen molar-refractivity contribution >= 4 is 22.5 Å². The maximum Gasteiger partial charge on any atom is 0.259 e. The van der Waals surface area contributed by atoms with E-state index in [2.05, 4.69) is 23.5 Å². The van der Waals surface area contributed by atoms with E-state index < -0.39 is 11.2 Å². The average molecular weight is 468 g/mol. The summed E-state index contributed by atoms with van der Waals surface area (Å²) in [6, 6.07) is 13.5. The molecule has 4 aromatic rings. The fourth-order valence-corrected chi connectivity index (χ4v) is 5.72. The third-order valence-electron chi connectivity index (χ3n) is 7.41. The number of carbonyl (C=O) groups excluding carboxylic acids is 1. The molecular weight excluding hydrogens is 445 g/mol. The molecule has 1 saturated heterocycles. The van der Waals surface area contributed by atoms with Crippen LogP contribution in [-0.2, 0) is 6.42 Å². The van der Waals surface area contributed by atoms with Crippen LogP contribution in [0, 0.1) is 5.82 Å². The second-order valence-electron chi connectivity index (χ2n) is 9.36. The fraction of sp³-hybridized carbons (Fsp3) is 0.214. The summed E-state index contributed by atoms with van der Waals surface area (Å²) in [5.41, 5.74) is 5.56. The van der Waals surface area contributed by atoms with Gasteiger partial charge in [0.15, 0.2) is 17.3 Å². The lowest BCUT2D eigenvalue weighted by Crippen LogP contribution is -2.33. The molecule has 3 heterocycles. The van der Waals surface area contributed by atoms with Gasteiger partial charge in [-0.25, -0.2) is 4.39 Å². The molecular formula is C28H22FN3O3. The summed E-state index contributed by atoms with van der Waals surface area (Å²) in [7, 11) is 1.62. The number of aromatic nitrogens is 1. The van der Waals surface area contributed by atoms with Crippen LogP contribution < -0.4 is 15.5 Å². The van der Waals surface area contributed by atoms with Crippen molar-refractivity contribution in [2.45, 2.75) is 19.3 Å². The van der Waals surface area contributed by atoms with Crippen LogP contribution in [0.2, 0.25) is 0 Å². The highest BCUT2D eigenvalue weighted by atomic mass is 19.1. The Kier molecular flexibility index (Phi) is 4.16. The van der Waals surface area contributed by atoms with Gasteiger partial charge >= 0.3 is 0 Å². The molecule has 1 aliphatic carbocycles. The van der Waals surface area contributed by atoms with Gasteiger partial charge in [0.05, 0.1) is 11.1 Å². The van der Waals surface area contributed by atoms with Gasteiger partial charge < -0.3 is 19.5 Å². The molecule has 0 spiro atoms. The van der Waals surface area contributed by atoms with E-state index in [0.29, 0.717) is 24.4 Å². The number of halogens is 1. The number of pyridine rings is 1. The van der Waals surface area contributed by atoms with E-state index in [0.717, 1.165) is 41.6 Å². The molecule has 1 N–H and O–H groups in total. The molecule has 1 amide bonds. The first-order valence-corrected chi connectivity index (χ1v) is 11.9. The first-order valence-electron chi connectivity index (χ1n) is 11.9. The van der Waals surface area contributed by atoms with Crippen molar-refractivity contribution in [1.82, 2.24) is 9.47 Å². The Labute approximate surface area is 200 Å². The van der Waals surface area contributed by atoms with Crippen LogP contribution in [0.25, 0.3) is 27.7 Å². The highest BCUT2D eigenvalue weighted by Crippen LogP contribution is 2.48. The summed E-state index contributed by atoms with van der Waals surface area (Å²) >= 11 is 0. The van der Waals surface area contributed by atoms with Gasteiger partial charge in [0.25, 0.3) is 5.91 Å². The van der Waals surface area contributed by atoms with Crippen molar-refractivity contribution in [1.29, 1.82) is 0 Å². The monoisotopic (exact) mass is 467 g/mol. The SMILES string of the molecule is CNc1c(F)cc2c(=O)c(C(=O)N3CCCC3)cn3c2c1Oc1cc2c(cc1-3)-c1ccccc1C2. The first kappa shape index (κ1) is 20.3. The maximum atomic E-state index is 15.1. The van der Waals surface area contributed by atoms with Gasteiger partial charge in [0.1, 0.15) is 16.8 Å². The number of carbonyl (C=O) groups is 1. The summed E-state index contributed by atoms with van der Waals surface area (Å²) < 4.78 is 23.2. The maximum absolute atomic E-state index is 15.1. The Morgan fingerprint density at radius 1 is 1.06 bits per heavy atom. The van der Waals surface area contributed by atoms with Crippen LogP contribution in [0.3, 0.4) is 0 Å². The molecule has 3 aromatic carbocycles. The number of nitrogens with one attached hydrogen (secondary N) is 1. The molecule has 1 aromatic heterocycles. The topological polar surface area (TPSA) is 63.6 Å². The zero-order chi connectivity index (χ0) is 23.8. The zero-order valence-corrected chi connectivity index (χ0v) is 19.2. The molecule has 0 bridgehead atoms. The van der Waals surface area contributed by atoms with Crippen LogP contribution >= 0.6 is 0 Å². The Bertz CT molecular complexity index is 1650. The quantitative estimate of drug-likeness (QED) is 0.386. The predicted molar refractivity (Wildman–Crippen MR) is 133 cm³/mol. The fourth-order valence-electron chi connectivity index (χ4n) is 5.72. The Balaban J connectivity index is 1.54.